The number of rotatable bonds is 9. The maximum atomic E-state index is 13.6. The second-order valence-electron chi connectivity index (χ2n) is 7.64. The first-order chi connectivity index (χ1) is 14.8. The molecule has 4 rings (SSSR count). The van der Waals surface area contributed by atoms with Crippen LogP contribution in [-0.2, 0) is 30.5 Å². The van der Waals surface area contributed by atoms with Crippen LogP contribution in [-0.4, -0.2) is 41.0 Å². The van der Waals surface area contributed by atoms with E-state index in [2.05, 4.69) is 17.4 Å². The molecule has 7 heteroatoms. The Morgan fingerprint density at radius 2 is 1.97 bits per heavy atom. The number of aromatic nitrogens is 2. The minimum Gasteiger partial charge on any atom is -0.394 e. The summed E-state index contributed by atoms with van der Waals surface area (Å²) < 4.78 is 7.14. The molecule has 2 heterocycles. The third-order valence-electron chi connectivity index (χ3n) is 5.56. The molecule has 0 unspecified atom stereocenters. The van der Waals surface area contributed by atoms with Gasteiger partial charge in [0.05, 0.1) is 25.2 Å². The third-order valence-corrected chi connectivity index (χ3v) is 6.74. The molecule has 30 heavy (non-hydrogen) atoms. The summed E-state index contributed by atoms with van der Waals surface area (Å²) in [6.45, 7) is 1.89. The van der Waals surface area contributed by atoms with Crippen molar-refractivity contribution in [2.24, 2.45) is 0 Å². The molecule has 0 saturated carbocycles. The summed E-state index contributed by atoms with van der Waals surface area (Å²) in [4.78, 5) is 20.6. The first kappa shape index (κ1) is 21.0. The van der Waals surface area contributed by atoms with Crippen molar-refractivity contribution in [3.63, 3.8) is 0 Å². The quantitative estimate of drug-likeness (QED) is 0.404. The Hall–Kier alpha value is -2.22. The van der Waals surface area contributed by atoms with E-state index in [1.807, 2.05) is 18.2 Å². The summed E-state index contributed by atoms with van der Waals surface area (Å²) in [5, 5.41) is 13.0. The van der Waals surface area contributed by atoms with Crippen LogP contribution < -0.4 is 10.9 Å². The SMILES string of the molecule is O=c1c2c3c(sc2nc(NCCOCCO)n1CCc1ccccc1)CCCCC3. The van der Waals surface area contributed by atoms with Gasteiger partial charge in [0.1, 0.15) is 4.83 Å². The van der Waals surface area contributed by atoms with E-state index >= 15 is 0 Å². The van der Waals surface area contributed by atoms with Crippen molar-refractivity contribution in [2.45, 2.75) is 45.1 Å². The number of nitrogens with zero attached hydrogens (tertiary/aromatic N) is 2. The molecule has 1 aliphatic rings. The Bertz CT molecular complexity index is 1030. The number of aliphatic hydroxyl groups is 1. The van der Waals surface area contributed by atoms with Crippen LogP contribution in [0.5, 0.6) is 0 Å². The monoisotopic (exact) mass is 427 g/mol. The summed E-state index contributed by atoms with van der Waals surface area (Å²) in [5.74, 6) is 0.604. The Morgan fingerprint density at radius 1 is 1.13 bits per heavy atom. The van der Waals surface area contributed by atoms with Crippen molar-refractivity contribution in [3.8, 4) is 0 Å². The summed E-state index contributed by atoms with van der Waals surface area (Å²) in [7, 11) is 0. The zero-order chi connectivity index (χ0) is 20.8. The normalized spacial score (nSPS) is 13.9. The number of benzene rings is 1. The molecule has 1 aliphatic carbocycles. The fraction of sp³-hybridized carbons (Fsp3) is 0.478. The van der Waals surface area contributed by atoms with Gasteiger partial charge in [-0.2, -0.15) is 0 Å². The summed E-state index contributed by atoms with van der Waals surface area (Å²) in [6, 6.07) is 10.2. The number of anilines is 1. The van der Waals surface area contributed by atoms with Crippen LogP contribution in [0.4, 0.5) is 5.95 Å². The van der Waals surface area contributed by atoms with Crippen molar-refractivity contribution in [3.05, 3.63) is 56.7 Å². The highest BCUT2D eigenvalue weighted by molar-refractivity contribution is 7.18. The summed E-state index contributed by atoms with van der Waals surface area (Å²) in [5.41, 5.74) is 2.50. The highest BCUT2D eigenvalue weighted by Gasteiger charge is 2.21. The maximum absolute atomic E-state index is 13.6. The Balaban J connectivity index is 1.66. The molecule has 0 fully saturated rings. The van der Waals surface area contributed by atoms with Gasteiger partial charge >= 0.3 is 0 Å². The molecule has 0 saturated heterocycles. The van der Waals surface area contributed by atoms with Gasteiger partial charge in [-0.3, -0.25) is 9.36 Å². The van der Waals surface area contributed by atoms with Gasteiger partial charge in [0, 0.05) is 18.0 Å². The van der Waals surface area contributed by atoms with E-state index in [0.717, 1.165) is 35.9 Å². The number of hydrogen-bond acceptors (Lipinski definition) is 6. The molecule has 2 aromatic heterocycles. The van der Waals surface area contributed by atoms with Gasteiger partial charge in [-0.25, -0.2) is 4.98 Å². The number of aliphatic hydroxyl groups excluding tert-OH is 1. The van der Waals surface area contributed by atoms with E-state index in [9.17, 15) is 4.79 Å². The molecular formula is C23H29N3O3S. The lowest BCUT2D eigenvalue weighted by Gasteiger charge is -2.14. The van der Waals surface area contributed by atoms with E-state index in [1.165, 1.54) is 28.8 Å². The average Bonchev–Trinajstić information content (AvgIpc) is 2.95. The van der Waals surface area contributed by atoms with Gasteiger partial charge in [-0.15, -0.1) is 11.3 Å². The van der Waals surface area contributed by atoms with Gasteiger partial charge in [-0.1, -0.05) is 36.8 Å². The maximum Gasteiger partial charge on any atom is 0.263 e. The largest absolute Gasteiger partial charge is 0.394 e. The first-order valence-electron chi connectivity index (χ1n) is 10.8. The molecule has 0 spiro atoms. The molecule has 2 N–H and O–H groups in total. The smallest absolute Gasteiger partial charge is 0.263 e. The predicted molar refractivity (Wildman–Crippen MR) is 122 cm³/mol. The first-order valence-corrected chi connectivity index (χ1v) is 11.6. The molecule has 0 bridgehead atoms. The Labute approximate surface area is 180 Å². The number of fused-ring (bicyclic) bond motifs is 3. The number of thiophene rings is 1. The van der Waals surface area contributed by atoms with E-state index in [0.29, 0.717) is 32.3 Å². The summed E-state index contributed by atoms with van der Waals surface area (Å²) >= 11 is 1.68. The van der Waals surface area contributed by atoms with Gasteiger partial charge in [0.25, 0.3) is 5.56 Å². The van der Waals surface area contributed by atoms with Crippen molar-refractivity contribution < 1.29 is 9.84 Å². The minimum absolute atomic E-state index is 0.00669. The molecular weight excluding hydrogens is 398 g/mol. The van der Waals surface area contributed by atoms with Crippen LogP contribution in [0.25, 0.3) is 10.2 Å². The topological polar surface area (TPSA) is 76.4 Å². The minimum atomic E-state index is 0.00669. The summed E-state index contributed by atoms with van der Waals surface area (Å²) in [6.07, 6.45) is 6.37. The van der Waals surface area contributed by atoms with Gasteiger partial charge < -0.3 is 15.2 Å². The second-order valence-corrected chi connectivity index (χ2v) is 8.72. The molecule has 0 aliphatic heterocycles. The highest BCUT2D eigenvalue weighted by Crippen LogP contribution is 2.33. The molecule has 0 radical (unpaired) electrons. The van der Waals surface area contributed by atoms with E-state index < -0.39 is 0 Å². The van der Waals surface area contributed by atoms with Crippen LogP contribution in [0.15, 0.2) is 35.1 Å². The average molecular weight is 428 g/mol. The molecule has 0 atom stereocenters. The highest BCUT2D eigenvalue weighted by atomic mass is 32.1. The number of hydrogen-bond donors (Lipinski definition) is 2. The van der Waals surface area contributed by atoms with Crippen molar-refractivity contribution in [1.29, 1.82) is 0 Å². The van der Waals surface area contributed by atoms with E-state index in [-0.39, 0.29) is 12.2 Å². The van der Waals surface area contributed by atoms with E-state index in [1.54, 1.807) is 15.9 Å². The molecule has 160 valence electrons. The Kier molecular flexibility index (Phi) is 7.15. The molecule has 0 amide bonds. The number of ether oxygens (including phenoxy) is 1. The molecule has 6 nitrogen and oxygen atoms in total. The molecule has 3 aromatic rings. The lowest BCUT2D eigenvalue weighted by atomic mass is 10.1. The van der Waals surface area contributed by atoms with Crippen LogP contribution in [0.1, 0.15) is 35.3 Å². The van der Waals surface area contributed by atoms with Gasteiger partial charge in [0.15, 0.2) is 0 Å². The Morgan fingerprint density at radius 3 is 2.80 bits per heavy atom. The lowest BCUT2D eigenvalue weighted by molar-refractivity contribution is 0.0991. The zero-order valence-corrected chi connectivity index (χ0v) is 18.0. The fourth-order valence-electron chi connectivity index (χ4n) is 4.04. The van der Waals surface area contributed by atoms with Crippen molar-refractivity contribution in [1.82, 2.24) is 9.55 Å². The van der Waals surface area contributed by atoms with E-state index in [4.69, 9.17) is 14.8 Å². The lowest BCUT2D eigenvalue weighted by Crippen LogP contribution is -2.27. The van der Waals surface area contributed by atoms with Crippen molar-refractivity contribution in [2.75, 3.05) is 31.7 Å². The number of nitrogens with one attached hydrogen (secondary N) is 1. The van der Waals surface area contributed by atoms with Crippen LogP contribution in [0.3, 0.4) is 0 Å². The van der Waals surface area contributed by atoms with Crippen molar-refractivity contribution >= 4 is 27.5 Å². The second kappa shape index (κ2) is 10.2. The fourth-order valence-corrected chi connectivity index (χ4v) is 5.30. The number of aryl methyl sites for hydroxylation is 3. The van der Waals surface area contributed by atoms with Gasteiger partial charge in [-0.05, 0) is 43.2 Å². The predicted octanol–water partition coefficient (Wildman–Crippen LogP) is 3.39. The van der Waals surface area contributed by atoms with Crippen LogP contribution in [0, 0.1) is 0 Å². The molecule has 1 aromatic carbocycles. The van der Waals surface area contributed by atoms with Crippen LogP contribution >= 0.6 is 11.3 Å². The standard InChI is InChI=1S/C23H29N3O3S/c27-14-16-29-15-12-24-23-25-21-20(18-9-5-2-6-10-19(18)30-21)22(28)26(23)13-11-17-7-3-1-4-8-17/h1,3-4,7-8,27H,2,5-6,9-16H2,(H,24,25). The van der Waals surface area contributed by atoms with Crippen LogP contribution in [0.2, 0.25) is 0 Å². The van der Waals surface area contributed by atoms with Gasteiger partial charge in [0.2, 0.25) is 5.95 Å². The third kappa shape index (κ3) is 4.74. The zero-order valence-electron chi connectivity index (χ0n) is 17.2.